The SMILES string of the molecule is CN(C)c1ncc(CNC2CC(C)(C)Cc3c2cnn3-c2ccc(F)cc2)s1. The smallest absolute Gasteiger partial charge is 0.185 e. The van der Waals surface area contributed by atoms with E-state index in [2.05, 4.69) is 29.2 Å². The molecule has 1 atom stereocenters. The highest BCUT2D eigenvalue weighted by molar-refractivity contribution is 7.15. The Labute approximate surface area is 169 Å². The third-order valence-electron chi connectivity index (χ3n) is 5.20. The van der Waals surface area contributed by atoms with E-state index < -0.39 is 0 Å². The Morgan fingerprint density at radius 3 is 2.68 bits per heavy atom. The third-order valence-corrected chi connectivity index (χ3v) is 6.36. The molecule has 3 aromatic rings. The van der Waals surface area contributed by atoms with Crippen molar-refractivity contribution in [1.29, 1.82) is 0 Å². The molecular formula is C21H26FN5S. The minimum absolute atomic E-state index is 0.158. The van der Waals surface area contributed by atoms with E-state index >= 15 is 0 Å². The van der Waals surface area contributed by atoms with Crippen LogP contribution in [0.3, 0.4) is 0 Å². The van der Waals surface area contributed by atoms with Crippen LogP contribution in [0.4, 0.5) is 9.52 Å². The first-order valence-electron chi connectivity index (χ1n) is 9.50. The molecule has 4 rings (SSSR count). The van der Waals surface area contributed by atoms with Gasteiger partial charge in [-0.3, -0.25) is 0 Å². The molecule has 0 amide bonds. The van der Waals surface area contributed by atoms with Gasteiger partial charge in [-0.2, -0.15) is 5.10 Å². The van der Waals surface area contributed by atoms with Crippen molar-refractivity contribution >= 4 is 16.5 Å². The summed E-state index contributed by atoms with van der Waals surface area (Å²) in [5.41, 5.74) is 3.50. The molecule has 2 heterocycles. The van der Waals surface area contributed by atoms with E-state index in [1.807, 2.05) is 36.1 Å². The first-order chi connectivity index (χ1) is 13.3. The first-order valence-corrected chi connectivity index (χ1v) is 10.3. The molecule has 0 saturated heterocycles. The largest absolute Gasteiger partial charge is 0.354 e. The van der Waals surface area contributed by atoms with Gasteiger partial charge in [0.25, 0.3) is 0 Å². The molecule has 0 saturated carbocycles. The van der Waals surface area contributed by atoms with Crippen LogP contribution in [0.5, 0.6) is 0 Å². The van der Waals surface area contributed by atoms with Gasteiger partial charge in [0.2, 0.25) is 0 Å². The summed E-state index contributed by atoms with van der Waals surface area (Å²) in [6.45, 7) is 5.38. The predicted octanol–water partition coefficient (Wildman–Crippen LogP) is 4.34. The van der Waals surface area contributed by atoms with Crippen molar-refractivity contribution in [1.82, 2.24) is 20.1 Å². The summed E-state index contributed by atoms with van der Waals surface area (Å²) in [5, 5.41) is 9.37. The number of anilines is 1. The molecule has 0 spiro atoms. The van der Waals surface area contributed by atoms with E-state index in [1.54, 1.807) is 23.5 Å². The maximum Gasteiger partial charge on any atom is 0.185 e. The summed E-state index contributed by atoms with van der Waals surface area (Å²) >= 11 is 1.71. The average molecular weight is 400 g/mol. The van der Waals surface area contributed by atoms with Crippen molar-refractivity contribution in [3.8, 4) is 5.69 Å². The molecule has 0 bridgehead atoms. The van der Waals surface area contributed by atoms with Crippen molar-refractivity contribution in [2.75, 3.05) is 19.0 Å². The van der Waals surface area contributed by atoms with Gasteiger partial charge in [0.05, 0.1) is 11.9 Å². The Bertz CT molecular complexity index is 958. The van der Waals surface area contributed by atoms with Crippen LogP contribution in [0, 0.1) is 11.2 Å². The molecule has 0 radical (unpaired) electrons. The standard InChI is InChI=1S/C21H26FN5S/c1-21(2)9-18(23-11-16-12-24-20(28-16)26(3)4)17-13-25-27(19(17)10-21)15-7-5-14(22)6-8-15/h5-8,12-13,18,23H,9-11H2,1-4H3. The highest BCUT2D eigenvalue weighted by Crippen LogP contribution is 2.41. The summed E-state index contributed by atoms with van der Waals surface area (Å²) < 4.78 is 15.3. The molecule has 1 unspecified atom stereocenters. The van der Waals surface area contributed by atoms with Crippen molar-refractivity contribution < 1.29 is 4.39 Å². The van der Waals surface area contributed by atoms with Gasteiger partial charge < -0.3 is 10.2 Å². The quantitative estimate of drug-likeness (QED) is 0.693. The minimum atomic E-state index is -0.230. The van der Waals surface area contributed by atoms with Crippen LogP contribution in [-0.4, -0.2) is 28.9 Å². The molecule has 28 heavy (non-hydrogen) atoms. The summed E-state index contributed by atoms with van der Waals surface area (Å²) in [4.78, 5) is 7.71. The second kappa shape index (κ2) is 7.29. The van der Waals surface area contributed by atoms with E-state index in [0.717, 1.165) is 30.2 Å². The van der Waals surface area contributed by atoms with Gasteiger partial charge in [0, 0.05) is 49.0 Å². The maximum absolute atomic E-state index is 13.3. The van der Waals surface area contributed by atoms with Crippen LogP contribution in [-0.2, 0) is 13.0 Å². The molecule has 1 aliphatic carbocycles. The molecule has 7 heteroatoms. The Morgan fingerprint density at radius 1 is 1.25 bits per heavy atom. The van der Waals surface area contributed by atoms with Crippen LogP contribution in [0.2, 0.25) is 0 Å². The van der Waals surface area contributed by atoms with E-state index in [9.17, 15) is 4.39 Å². The lowest BCUT2D eigenvalue weighted by Gasteiger charge is -2.36. The Hall–Kier alpha value is -2.25. The van der Waals surface area contributed by atoms with Crippen molar-refractivity contribution in [2.45, 2.75) is 39.3 Å². The fourth-order valence-corrected chi connectivity index (χ4v) is 4.62. The molecule has 5 nitrogen and oxygen atoms in total. The monoisotopic (exact) mass is 399 g/mol. The highest BCUT2D eigenvalue weighted by atomic mass is 32.1. The van der Waals surface area contributed by atoms with E-state index in [1.165, 1.54) is 28.3 Å². The number of benzene rings is 1. The number of aromatic nitrogens is 3. The summed E-state index contributed by atoms with van der Waals surface area (Å²) in [6.07, 6.45) is 5.91. The van der Waals surface area contributed by atoms with Crippen LogP contribution in [0.1, 0.15) is 42.4 Å². The van der Waals surface area contributed by atoms with Crippen LogP contribution in [0.15, 0.2) is 36.7 Å². The number of fused-ring (bicyclic) bond motifs is 1. The lowest BCUT2D eigenvalue weighted by molar-refractivity contribution is 0.253. The zero-order chi connectivity index (χ0) is 19.9. The van der Waals surface area contributed by atoms with Crippen LogP contribution < -0.4 is 10.2 Å². The Kier molecular flexibility index (Phi) is 4.97. The summed E-state index contributed by atoms with van der Waals surface area (Å²) in [7, 11) is 4.02. The average Bonchev–Trinajstić information content (AvgIpc) is 3.27. The summed E-state index contributed by atoms with van der Waals surface area (Å²) in [6, 6.07) is 6.77. The second-order valence-electron chi connectivity index (χ2n) is 8.42. The van der Waals surface area contributed by atoms with Gasteiger partial charge in [0.15, 0.2) is 5.13 Å². The lowest BCUT2D eigenvalue weighted by Crippen LogP contribution is -2.33. The topological polar surface area (TPSA) is 46.0 Å². The van der Waals surface area contributed by atoms with Crippen LogP contribution >= 0.6 is 11.3 Å². The molecule has 2 aromatic heterocycles. The normalized spacial score (nSPS) is 18.1. The zero-order valence-corrected chi connectivity index (χ0v) is 17.6. The molecule has 1 aromatic carbocycles. The van der Waals surface area contributed by atoms with E-state index in [-0.39, 0.29) is 17.3 Å². The van der Waals surface area contributed by atoms with E-state index in [0.29, 0.717) is 0 Å². The number of thiazole rings is 1. The van der Waals surface area contributed by atoms with Gasteiger partial charge in [-0.05, 0) is 42.5 Å². The number of hydrogen-bond acceptors (Lipinski definition) is 5. The van der Waals surface area contributed by atoms with Gasteiger partial charge >= 0.3 is 0 Å². The number of hydrogen-bond donors (Lipinski definition) is 1. The Balaban J connectivity index is 1.59. The highest BCUT2D eigenvalue weighted by Gasteiger charge is 2.35. The van der Waals surface area contributed by atoms with Gasteiger partial charge in [-0.1, -0.05) is 13.8 Å². The van der Waals surface area contributed by atoms with Gasteiger partial charge in [0.1, 0.15) is 5.82 Å². The van der Waals surface area contributed by atoms with Gasteiger partial charge in [-0.15, -0.1) is 11.3 Å². The lowest BCUT2D eigenvalue weighted by atomic mass is 9.74. The van der Waals surface area contributed by atoms with Crippen molar-refractivity contribution in [3.05, 3.63) is 58.6 Å². The number of nitrogens with zero attached hydrogens (tertiary/aromatic N) is 4. The maximum atomic E-state index is 13.3. The summed E-state index contributed by atoms with van der Waals surface area (Å²) in [5.74, 6) is -0.230. The zero-order valence-electron chi connectivity index (χ0n) is 16.7. The first kappa shape index (κ1) is 19.1. The molecule has 0 fully saturated rings. The molecule has 1 N–H and O–H groups in total. The Morgan fingerprint density at radius 2 is 2.00 bits per heavy atom. The minimum Gasteiger partial charge on any atom is -0.354 e. The molecule has 1 aliphatic rings. The fraction of sp³-hybridized carbons (Fsp3) is 0.429. The van der Waals surface area contributed by atoms with E-state index in [4.69, 9.17) is 0 Å². The molecular weight excluding hydrogens is 373 g/mol. The van der Waals surface area contributed by atoms with Crippen LogP contribution in [0.25, 0.3) is 5.69 Å². The second-order valence-corrected chi connectivity index (χ2v) is 9.51. The number of halogens is 1. The molecule has 0 aliphatic heterocycles. The van der Waals surface area contributed by atoms with Gasteiger partial charge in [-0.25, -0.2) is 14.1 Å². The number of nitrogens with one attached hydrogen (secondary N) is 1. The fourth-order valence-electron chi connectivity index (χ4n) is 3.84. The third kappa shape index (κ3) is 3.82. The molecule has 148 valence electrons. The van der Waals surface area contributed by atoms with Crippen molar-refractivity contribution in [2.24, 2.45) is 5.41 Å². The number of rotatable bonds is 5. The van der Waals surface area contributed by atoms with Crippen molar-refractivity contribution in [3.63, 3.8) is 0 Å². The predicted molar refractivity (Wildman–Crippen MR) is 112 cm³/mol.